The molecule has 0 saturated carbocycles. The zero-order valence-corrected chi connectivity index (χ0v) is 12.1. The normalized spacial score (nSPS) is 13.0. The number of rotatable bonds is 6. The van der Waals surface area contributed by atoms with Gasteiger partial charge in [-0.2, -0.15) is 13.2 Å². The molecule has 0 aliphatic heterocycles. The van der Waals surface area contributed by atoms with E-state index in [0.29, 0.717) is 6.42 Å². The summed E-state index contributed by atoms with van der Waals surface area (Å²) in [4.78, 5) is 11.7. The van der Waals surface area contributed by atoms with Crippen LogP contribution in [-0.2, 0) is 11.0 Å². The van der Waals surface area contributed by atoms with Crippen LogP contribution in [0.3, 0.4) is 0 Å². The van der Waals surface area contributed by atoms with Crippen LogP contribution in [0.1, 0.15) is 18.9 Å². The van der Waals surface area contributed by atoms with Crippen molar-refractivity contribution in [2.75, 3.05) is 18.5 Å². The quantitative estimate of drug-likeness (QED) is 0.754. The molecule has 1 amide bonds. The van der Waals surface area contributed by atoms with Crippen LogP contribution in [0.4, 0.5) is 18.9 Å². The van der Waals surface area contributed by atoms with Crippen LogP contribution in [0.15, 0.2) is 18.2 Å². The van der Waals surface area contributed by atoms with Crippen LogP contribution >= 0.6 is 11.6 Å². The molecule has 118 valence electrons. The van der Waals surface area contributed by atoms with E-state index in [2.05, 4.69) is 10.6 Å². The minimum absolute atomic E-state index is 0.0650. The molecule has 8 heteroatoms. The number of halogens is 4. The molecule has 0 aliphatic rings. The van der Waals surface area contributed by atoms with Crippen LogP contribution in [0.25, 0.3) is 0 Å². The highest BCUT2D eigenvalue weighted by Crippen LogP contribution is 2.36. The molecule has 1 atom stereocenters. The highest BCUT2D eigenvalue weighted by Gasteiger charge is 2.34. The highest BCUT2D eigenvalue weighted by atomic mass is 35.5. The summed E-state index contributed by atoms with van der Waals surface area (Å²) in [5.41, 5.74) is -1.35. The summed E-state index contributed by atoms with van der Waals surface area (Å²) in [5.74, 6) is -0.630. The van der Waals surface area contributed by atoms with Crippen LogP contribution in [-0.4, -0.2) is 30.2 Å². The molecule has 0 unspecified atom stereocenters. The maximum atomic E-state index is 12.8. The third-order valence-corrected chi connectivity index (χ3v) is 3.06. The molecule has 0 fully saturated rings. The lowest BCUT2D eigenvalue weighted by atomic mass is 10.1. The van der Waals surface area contributed by atoms with Crippen molar-refractivity contribution in [3.63, 3.8) is 0 Å². The van der Waals surface area contributed by atoms with Gasteiger partial charge in [-0.05, 0) is 24.6 Å². The lowest BCUT2D eigenvalue weighted by molar-refractivity contribution is -0.137. The Hall–Kier alpha value is -1.31. The Labute approximate surface area is 125 Å². The summed E-state index contributed by atoms with van der Waals surface area (Å²) >= 11 is 5.55. The third kappa shape index (κ3) is 5.53. The molecule has 21 heavy (non-hydrogen) atoms. The second-order valence-electron chi connectivity index (χ2n) is 4.40. The fourth-order valence-electron chi connectivity index (χ4n) is 1.63. The van der Waals surface area contributed by atoms with E-state index in [9.17, 15) is 18.0 Å². The van der Waals surface area contributed by atoms with E-state index >= 15 is 0 Å². The summed E-state index contributed by atoms with van der Waals surface area (Å²) < 4.78 is 38.5. The van der Waals surface area contributed by atoms with Gasteiger partial charge in [0.15, 0.2) is 0 Å². The smallest absolute Gasteiger partial charge is 0.395 e. The number of hydrogen-bond donors (Lipinski definition) is 3. The van der Waals surface area contributed by atoms with Crippen LogP contribution in [0.2, 0.25) is 5.02 Å². The Kier molecular flexibility index (Phi) is 6.44. The zero-order chi connectivity index (χ0) is 16.0. The van der Waals surface area contributed by atoms with Gasteiger partial charge in [-0.3, -0.25) is 4.79 Å². The molecular formula is C13H16ClF3N2O2. The van der Waals surface area contributed by atoms with Gasteiger partial charge in [0.25, 0.3) is 0 Å². The number of nitrogens with one attached hydrogen (secondary N) is 2. The summed E-state index contributed by atoms with van der Waals surface area (Å²) in [7, 11) is 0. The van der Waals surface area contributed by atoms with Crippen molar-refractivity contribution in [3.8, 4) is 0 Å². The van der Waals surface area contributed by atoms with Gasteiger partial charge in [0.05, 0.1) is 24.4 Å². The predicted octanol–water partition coefficient (Wildman–Crippen LogP) is 2.66. The molecule has 3 N–H and O–H groups in total. The fourth-order valence-corrected chi connectivity index (χ4v) is 1.80. The largest absolute Gasteiger partial charge is 0.418 e. The second-order valence-corrected chi connectivity index (χ2v) is 4.84. The molecule has 0 aromatic heterocycles. The second kappa shape index (κ2) is 7.63. The third-order valence-electron chi connectivity index (χ3n) is 2.83. The topological polar surface area (TPSA) is 61.4 Å². The first kappa shape index (κ1) is 17.7. The fraction of sp³-hybridized carbons (Fsp3) is 0.462. The summed E-state index contributed by atoms with van der Waals surface area (Å²) in [6, 6.07) is 2.85. The van der Waals surface area contributed by atoms with Crippen LogP contribution < -0.4 is 10.6 Å². The van der Waals surface area contributed by atoms with Crippen LogP contribution in [0.5, 0.6) is 0 Å². The SMILES string of the molecule is CC[C@H](CO)NCC(=O)Nc1ccc(Cl)cc1C(F)(F)F. The van der Waals surface area contributed by atoms with Gasteiger partial charge in [0.2, 0.25) is 5.91 Å². The molecule has 1 aromatic carbocycles. The number of aliphatic hydroxyl groups excluding tert-OH is 1. The monoisotopic (exact) mass is 324 g/mol. The number of carbonyl (C=O) groups is 1. The number of carbonyl (C=O) groups excluding carboxylic acids is 1. The van der Waals surface area contributed by atoms with Crippen molar-refractivity contribution in [1.82, 2.24) is 5.32 Å². The van der Waals surface area contributed by atoms with Gasteiger partial charge in [-0.15, -0.1) is 0 Å². The predicted molar refractivity (Wildman–Crippen MR) is 74.3 cm³/mol. The number of amides is 1. The Balaban J connectivity index is 2.77. The van der Waals surface area contributed by atoms with Gasteiger partial charge in [-0.1, -0.05) is 18.5 Å². The molecule has 1 rings (SSSR count). The summed E-state index contributed by atoms with van der Waals surface area (Å²) in [5, 5.41) is 13.8. The number of anilines is 1. The Morgan fingerprint density at radius 2 is 2.10 bits per heavy atom. The van der Waals surface area contributed by atoms with Gasteiger partial charge in [0.1, 0.15) is 0 Å². The first-order valence-corrected chi connectivity index (χ1v) is 6.66. The van der Waals surface area contributed by atoms with Crippen molar-refractivity contribution < 1.29 is 23.1 Å². The molecule has 0 aliphatic carbocycles. The van der Waals surface area contributed by atoms with Crippen molar-refractivity contribution >= 4 is 23.2 Å². The molecule has 0 heterocycles. The number of benzene rings is 1. The van der Waals surface area contributed by atoms with E-state index in [1.165, 1.54) is 6.07 Å². The average molecular weight is 325 g/mol. The van der Waals surface area contributed by atoms with Gasteiger partial charge >= 0.3 is 6.18 Å². The summed E-state index contributed by atoms with van der Waals surface area (Å²) in [6.07, 6.45) is -4.02. The highest BCUT2D eigenvalue weighted by molar-refractivity contribution is 6.30. The molecule has 0 saturated heterocycles. The Bertz CT molecular complexity index is 491. The van der Waals surface area contributed by atoms with Crippen LogP contribution in [0, 0.1) is 0 Å². The van der Waals surface area contributed by atoms with Gasteiger partial charge in [-0.25, -0.2) is 0 Å². The van der Waals surface area contributed by atoms with Gasteiger partial charge < -0.3 is 15.7 Å². The number of hydrogen-bond acceptors (Lipinski definition) is 3. The average Bonchev–Trinajstić information content (AvgIpc) is 2.41. The minimum Gasteiger partial charge on any atom is -0.395 e. The molecule has 4 nitrogen and oxygen atoms in total. The van der Waals surface area contributed by atoms with E-state index in [1.807, 2.05) is 6.92 Å². The first-order valence-electron chi connectivity index (χ1n) is 6.28. The van der Waals surface area contributed by atoms with E-state index < -0.39 is 17.6 Å². The van der Waals surface area contributed by atoms with Crippen molar-refractivity contribution in [3.05, 3.63) is 28.8 Å². The van der Waals surface area contributed by atoms with E-state index in [1.54, 1.807) is 0 Å². The Morgan fingerprint density at radius 3 is 2.62 bits per heavy atom. The summed E-state index contributed by atoms with van der Waals surface area (Å²) in [6.45, 7) is 1.46. The molecule has 0 bridgehead atoms. The van der Waals surface area contributed by atoms with Crippen molar-refractivity contribution in [1.29, 1.82) is 0 Å². The number of aliphatic hydroxyl groups is 1. The van der Waals surface area contributed by atoms with E-state index in [0.717, 1.165) is 12.1 Å². The minimum atomic E-state index is -4.61. The molecule has 0 spiro atoms. The molecule has 0 radical (unpaired) electrons. The number of alkyl halides is 3. The van der Waals surface area contributed by atoms with Crippen molar-refractivity contribution in [2.24, 2.45) is 0 Å². The zero-order valence-electron chi connectivity index (χ0n) is 11.3. The van der Waals surface area contributed by atoms with E-state index in [-0.39, 0.29) is 29.9 Å². The molecule has 1 aromatic rings. The van der Waals surface area contributed by atoms with Gasteiger partial charge in [0, 0.05) is 11.1 Å². The molecular weight excluding hydrogens is 309 g/mol. The van der Waals surface area contributed by atoms with Crippen molar-refractivity contribution in [2.45, 2.75) is 25.6 Å². The van der Waals surface area contributed by atoms with E-state index in [4.69, 9.17) is 16.7 Å². The maximum absolute atomic E-state index is 12.8. The lowest BCUT2D eigenvalue weighted by Gasteiger charge is -2.16. The Morgan fingerprint density at radius 1 is 1.43 bits per heavy atom. The lowest BCUT2D eigenvalue weighted by Crippen LogP contribution is -2.38. The maximum Gasteiger partial charge on any atom is 0.418 e. The standard InChI is InChI=1S/C13H16ClF3N2O2/c1-2-9(7-20)18-6-12(21)19-11-4-3-8(14)5-10(11)13(15,16)17/h3-5,9,18,20H,2,6-7H2,1H3,(H,19,21)/t9-/m1/s1. The first-order chi connectivity index (χ1) is 9.77.